The molecule has 0 amide bonds. The maximum absolute atomic E-state index is 12.7. The number of ether oxygens (including phenoxy) is 5. The second kappa shape index (κ2) is 14.9. The molecule has 0 saturated heterocycles. The molecule has 0 aromatic carbocycles. The van der Waals surface area contributed by atoms with Gasteiger partial charge in [0.2, 0.25) is 5.54 Å². The molecule has 1 aliphatic carbocycles. The summed E-state index contributed by atoms with van der Waals surface area (Å²) in [5.41, 5.74) is -0.384. The van der Waals surface area contributed by atoms with Gasteiger partial charge in [-0.2, -0.15) is 5.26 Å². The van der Waals surface area contributed by atoms with Gasteiger partial charge in [-0.05, 0) is 20.3 Å². The summed E-state index contributed by atoms with van der Waals surface area (Å²) in [6.07, 6.45) is -7.16. The van der Waals surface area contributed by atoms with Gasteiger partial charge in [-0.3, -0.25) is 34.1 Å². The Hall–Kier alpha value is -4.02. The molecule has 0 aromatic heterocycles. The van der Waals surface area contributed by atoms with Gasteiger partial charge in [0.1, 0.15) is 6.61 Å². The van der Waals surface area contributed by atoms with Crippen molar-refractivity contribution in [2.45, 2.75) is 104 Å². The zero-order valence-corrected chi connectivity index (χ0v) is 23.7. The monoisotopic (exact) mass is 568 g/mol. The van der Waals surface area contributed by atoms with Crippen LogP contribution in [0, 0.1) is 27.4 Å². The fourth-order valence-electron chi connectivity index (χ4n) is 4.93. The Labute approximate surface area is 232 Å². The van der Waals surface area contributed by atoms with Gasteiger partial charge in [0.15, 0.2) is 24.4 Å². The van der Waals surface area contributed by atoms with Crippen molar-refractivity contribution in [1.29, 1.82) is 5.26 Å². The topological polar surface area (TPSA) is 198 Å². The van der Waals surface area contributed by atoms with Crippen molar-refractivity contribution in [3.8, 4) is 6.07 Å². The van der Waals surface area contributed by atoms with Gasteiger partial charge in [0.05, 0.1) is 12.0 Å². The summed E-state index contributed by atoms with van der Waals surface area (Å²) < 4.78 is 26.8. The predicted octanol–water partition coefficient (Wildman–Crippen LogP) is 2.34. The van der Waals surface area contributed by atoms with E-state index < -0.39 is 77.2 Å². The largest absolute Gasteiger partial charge is 0.462 e. The van der Waals surface area contributed by atoms with Gasteiger partial charge < -0.3 is 23.7 Å². The number of rotatable bonds is 13. The first-order chi connectivity index (χ1) is 18.5. The van der Waals surface area contributed by atoms with Crippen molar-refractivity contribution in [1.82, 2.24) is 0 Å². The number of esters is 5. The zero-order valence-electron chi connectivity index (χ0n) is 23.7. The molecular weight excluding hydrogens is 532 g/mol. The van der Waals surface area contributed by atoms with Gasteiger partial charge in [-0.15, -0.1) is 0 Å². The molecule has 14 heteroatoms. The average molecular weight is 569 g/mol. The summed E-state index contributed by atoms with van der Waals surface area (Å²) in [4.78, 5) is 72.6. The van der Waals surface area contributed by atoms with Crippen LogP contribution in [0.2, 0.25) is 0 Å². The van der Waals surface area contributed by atoms with Crippen molar-refractivity contribution in [2.75, 3.05) is 6.61 Å². The third-order valence-electron chi connectivity index (χ3n) is 6.63. The lowest BCUT2D eigenvalue weighted by Gasteiger charge is -2.44. The molecule has 1 rings (SSSR count). The van der Waals surface area contributed by atoms with E-state index in [0.29, 0.717) is 5.57 Å². The molecule has 6 atom stereocenters. The first-order valence-corrected chi connectivity index (χ1v) is 12.5. The van der Waals surface area contributed by atoms with Crippen molar-refractivity contribution < 1.29 is 52.6 Å². The van der Waals surface area contributed by atoms with Crippen molar-refractivity contribution in [3.05, 3.63) is 21.3 Å². The van der Waals surface area contributed by atoms with E-state index in [4.69, 9.17) is 23.7 Å². The van der Waals surface area contributed by atoms with E-state index in [-0.39, 0.29) is 25.7 Å². The van der Waals surface area contributed by atoms with Crippen LogP contribution in [0.25, 0.3) is 0 Å². The minimum atomic E-state index is -1.84. The summed E-state index contributed by atoms with van der Waals surface area (Å²) in [6, 6.07) is 1.91. The molecule has 0 heterocycles. The number of nitriles is 1. The highest BCUT2D eigenvalue weighted by molar-refractivity contribution is 5.69. The van der Waals surface area contributed by atoms with Gasteiger partial charge >= 0.3 is 29.8 Å². The summed E-state index contributed by atoms with van der Waals surface area (Å²) >= 11 is 0. The van der Waals surface area contributed by atoms with E-state index in [1.807, 2.05) is 6.07 Å². The van der Waals surface area contributed by atoms with E-state index >= 15 is 0 Å². The molecule has 0 N–H and O–H groups in total. The normalized spacial score (nSPS) is 21.5. The second-order valence-electron chi connectivity index (χ2n) is 9.74. The quantitative estimate of drug-likeness (QED) is 0.103. The van der Waals surface area contributed by atoms with Crippen molar-refractivity contribution >= 4 is 29.8 Å². The lowest BCUT2D eigenvalue weighted by Crippen LogP contribution is -2.61. The van der Waals surface area contributed by atoms with Crippen LogP contribution in [0.4, 0.5) is 0 Å². The Bertz CT molecular complexity index is 1080. The second-order valence-corrected chi connectivity index (χ2v) is 9.74. The van der Waals surface area contributed by atoms with Crippen molar-refractivity contribution in [2.24, 2.45) is 5.92 Å². The van der Waals surface area contributed by atoms with Crippen LogP contribution in [-0.4, -0.2) is 71.3 Å². The minimum Gasteiger partial charge on any atom is -0.462 e. The van der Waals surface area contributed by atoms with Crippen LogP contribution < -0.4 is 0 Å². The zero-order chi connectivity index (χ0) is 30.8. The number of carbonyl (C=O) groups excluding carboxylic acids is 5. The van der Waals surface area contributed by atoms with E-state index in [1.165, 1.54) is 0 Å². The predicted molar refractivity (Wildman–Crippen MR) is 135 cm³/mol. The Morgan fingerprint density at radius 3 is 1.88 bits per heavy atom. The fourth-order valence-corrected chi connectivity index (χ4v) is 4.93. The number of allylic oxidation sites excluding steroid dienone is 1. The molecule has 40 heavy (non-hydrogen) atoms. The van der Waals surface area contributed by atoms with Gasteiger partial charge in [-0.25, -0.2) is 0 Å². The highest BCUT2D eigenvalue weighted by Gasteiger charge is 2.60. The Morgan fingerprint density at radius 2 is 1.43 bits per heavy atom. The molecule has 14 nitrogen and oxygen atoms in total. The van der Waals surface area contributed by atoms with Crippen LogP contribution in [0.3, 0.4) is 0 Å². The Kier molecular flexibility index (Phi) is 12.7. The first-order valence-electron chi connectivity index (χ1n) is 12.5. The van der Waals surface area contributed by atoms with E-state index in [2.05, 4.69) is 0 Å². The van der Waals surface area contributed by atoms with E-state index in [9.17, 15) is 39.3 Å². The summed E-state index contributed by atoms with van der Waals surface area (Å²) in [6.45, 7) is 8.01. The molecule has 0 fully saturated rings. The minimum absolute atomic E-state index is 0.00290. The highest BCUT2D eigenvalue weighted by Crippen LogP contribution is 2.46. The summed E-state index contributed by atoms with van der Waals surface area (Å²) in [5.74, 6) is -5.58. The number of carbonyl (C=O) groups is 5. The molecule has 0 saturated carbocycles. The SMILES string of the molecule is CC(=O)OC[C@@H](OC(C)=O)[C@H](OC(C)=O)[C@H](OC(C)=O)[C@@H](OC(C)=O)[C@H]1CC(C)=C(C)C[C@@]1(CCC#N)[N+](=O)[O-]. The maximum atomic E-state index is 12.7. The smallest absolute Gasteiger partial charge is 0.303 e. The summed E-state index contributed by atoms with van der Waals surface area (Å²) in [5, 5.41) is 22.0. The van der Waals surface area contributed by atoms with Crippen LogP contribution in [0.15, 0.2) is 11.1 Å². The third kappa shape index (κ3) is 9.32. The third-order valence-corrected chi connectivity index (χ3v) is 6.63. The molecular formula is C26H36N2O12. The first kappa shape index (κ1) is 34.0. The number of hydrogen-bond donors (Lipinski definition) is 0. The highest BCUT2D eigenvalue weighted by atomic mass is 16.6. The van der Waals surface area contributed by atoms with Gasteiger partial charge in [-0.1, -0.05) is 11.1 Å². The van der Waals surface area contributed by atoms with E-state index in [1.54, 1.807) is 13.8 Å². The molecule has 1 aliphatic rings. The lowest BCUT2D eigenvalue weighted by atomic mass is 9.65. The molecule has 0 aliphatic heterocycles. The van der Waals surface area contributed by atoms with Crippen molar-refractivity contribution in [3.63, 3.8) is 0 Å². The molecule has 0 aromatic rings. The summed E-state index contributed by atoms with van der Waals surface area (Å²) in [7, 11) is 0. The van der Waals surface area contributed by atoms with Crippen LogP contribution >= 0.6 is 0 Å². The van der Waals surface area contributed by atoms with E-state index in [0.717, 1.165) is 40.2 Å². The average Bonchev–Trinajstić information content (AvgIpc) is 2.82. The van der Waals surface area contributed by atoms with Gasteiger partial charge in [0.25, 0.3) is 0 Å². The number of hydrogen-bond acceptors (Lipinski definition) is 13. The molecule has 0 radical (unpaired) electrons. The lowest BCUT2D eigenvalue weighted by molar-refractivity contribution is -0.586. The van der Waals surface area contributed by atoms with Crippen LogP contribution in [-0.2, 0) is 47.7 Å². The molecule has 222 valence electrons. The standard InChI is InChI=1S/C26H36N2O12/c1-14-11-21(26(28(34)35,9-8-10-27)12-15(14)2)23(38-18(5)31)25(40-20(7)33)24(39-19(6)32)22(37-17(4)30)13-36-16(3)29/h21-25H,8-9,11-13H2,1-7H3/t21-,22-,23+,24+,25-,26-/m1/s1. The number of nitrogens with zero attached hydrogens (tertiary/aromatic N) is 2. The number of nitro groups is 1. The fraction of sp³-hybridized carbons (Fsp3) is 0.692. The molecule has 0 unspecified atom stereocenters. The molecule has 0 bridgehead atoms. The Morgan fingerprint density at radius 1 is 0.900 bits per heavy atom. The molecule has 0 spiro atoms. The Balaban J connectivity index is 3.97. The maximum Gasteiger partial charge on any atom is 0.303 e. The van der Waals surface area contributed by atoms with Crippen LogP contribution in [0.1, 0.15) is 74.1 Å². The van der Waals surface area contributed by atoms with Gasteiger partial charge in [0, 0.05) is 58.8 Å². The van der Waals surface area contributed by atoms with Crippen LogP contribution in [0.5, 0.6) is 0 Å².